The van der Waals surface area contributed by atoms with Crippen molar-refractivity contribution in [2.75, 3.05) is 19.9 Å². The zero-order valence-electron chi connectivity index (χ0n) is 17.4. The van der Waals surface area contributed by atoms with E-state index >= 15 is 0 Å². The lowest BCUT2D eigenvalue weighted by molar-refractivity contribution is -0.0764. The topological polar surface area (TPSA) is 35.5 Å². The summed E-state index contributed by atoms with van der Waals surface area (Å²) >= 11 is 0. The van der Waals surface area contributed by atoms with Gasteiger partial charge >= 0.3 is 0 Å². The zero-order chi connectivity index (χ0) is 20.3. The number of methoxy groups -OCH3 is 1. The fraction of sp³-hybridized carbons (Fsp3) is 0.440. The summed E-state index contributed by atoms with van der Waals surface area (Å²) < 4.78 is 26.3. The van der Waals surface area contributed by atoms with Crippen molar-refractivity contribution in [2.45, 2.75) is 44.8 Å². The van der Waals surface area contributed by atoms with Crippen LogP contribution in [0.2, 0.25) is 0 Å². The Hall–Kier alpha value is -1.67. The summed E-state index contributed by atoms with van der Waals surface area (Å²) in [5, 5.41) is 1.84. The molecule has 29 heavy (non-hydrogen) atoms. The molecular formula is C25H31O3P. The average molecular weight is 410 g/mol. The lowest BCUT2D eigenvalue weighted by atomic mass is 9.78. The van der Waals surface area contributed by atoms with Crippen LogP contribution in [-0.2, 0) is 14.0 Å². The summed E-state index contributed by atoms with van der Waals surface area (Å²) in [6, 6.07) is 19.8. The first kappa shape index (κ1) is 20.6. The number of ether oxygens (including phenoxy) is 2. The van der Waals surface area contributed by atoms with Gasteiger partial charge in [0.25, 0.3) is 0 Å². The molecule has 2 aromatic carbocycles. The maximum atomic E-state index is 14.3. The molecule has 2 fully saturated rings. The first-order chi connectivity index (χ1) is 14.1. The van der Waals surface area contributed by atoms with Crippen LogP contribution in [0.1, 0.15) is 32.6 Å². The van der Waals surface area contributed by atoms with Gasteiger partial charge in [0.1, 0.15) is 7.14 Å². The van der Waals surface area contributed by atoms with Crippen molar-refractivity contribution in [3.05, 3.63) is 72.3 Å². The van der Waals surface area contributed by atoms with Crippen LogP contribution >= 0.6 is 7.14 Å². The van der Waals surface area contributed by atoms with E-state index in [4.69, 9.17) is 9.47 Å². The zero-order valence-corrected chi connectivity index (χ0v) is 18.3. The molecule has 2 unspecified atom stereocenters. The van der Waals surface area contributed by atoms with E-state index in [2.05, 4.69) is 13.0 Å². The molecular weight excluding hydrogens is 379 g/mol. The van der Waals surface area contributed by atoms with E-state index in [0.717, 1.165) is 30.1 Å². The normalized spacial score (nSPS) is 24.7. The van der Waals surface area contributed by atoms with Gasteiger partial charge in [0, 0.05) is 35.9 Å². The highest BCUT2D eigenvalue weighted by atomic mass is 31.2. The minimum atomic E-state index is -2.73. The van der Waals surface area contributed by atoms with Crippen LogP contribution in [0.5, 0.6) is 0 Å². The number of hydrogen-bond donors (Lipinski definition) is 0. The smallest absolute Gasteiger partial charge is 0.146 e. The molecule has 0 N–H and O–H groups in total. The quantitative estimate of drug-likeness (QED) is 0.480. The number of hydrogen-bond acceptors (Lipinski definition) is 3. The Bertz CT molecular complexity index is 843. The second-order valence-corrected chi connectivity index (χ2v) is 11.1. The average Bonchev–Trinajstić information content (AvgIpc) is 3.57. The van der Waals surface area contributed by atoms with Crippen LogP contribution in [-0.4, -0.2) is 32.1 Å². The molecule has 0 aromatic heterocycles. The number of benzene rings is 2. The Kier molecular flexibility index (Phi) is 6.11. The van der Waals surface area contributed by atoms with Crippen LogP contribution in [0.3, 0.4) is 0 Å². The van der Waals surface area contributed by atoms with Crippen LogP contribution < -0.4 is 10.6 Å². The third-order valence-corrected chi connectivity index (χ3v) is 9.60. The molecule has 4 heteroatoms. The molecule has 1 spiro atoms. The van der Waals surface area contributed by atoms with Crippen molar-refractivity contribution in [1.82, 2.24) is 0 Å². The Labute approximate surface area is 174 Å². The Balaban J connectivity index is 1.63. The van der Waals surface area contributed by atoms with Gasteiger partial charge in [0.15, 0.2) is 0 Å². The van der Waals surface area contributed by atoms with Crippen LogP contribution in [0.25, 0.3) is 0 Å². The molecule has 3 nitrogen and oxygen atoms in total. The van der Waals surface area contributed by atoms with Gasteiger partial charge < -0.3 is 14.0 Å². The molecule has 0 aliphatic heterocycles. The lowest BCUT2D eigenvalue weighted by Gasteiger charge is -2.39. The largest absolute Gasteiger partial charge is 0.380 e. The first-order valence-corrected chi connectivity index (χ1v) is 12.5. The molecule has 2 atom stereocenters. The summed E-state index contributed by atoms with van der Waals surface area (Å²) in [7, 11) is -0.914. The van der Waals surface area contributed by atoms with E-state index in [0.29, 0.717) is 6.16 Å². The number of rotatable bonds is 7. The minimum absolute atomic E-state index is 0.199. The molecule has 2 aromatic rings. The Morgan fingerprint density at radius 3 is 2.00 bits per heavy atom. The summed E-state index contributed by atoms with van der Waals surface area (Å²) in [6.45, 7) is 2.79. The van der Waals surface area contributed by atoms with Gasteiger partial charge in [0.05, 0.1) is 12.2 Å². The second-order valence-electron chi connectivity index (χ2n) is 8.27. The molecule has 2 aliphatic rings. The van der Waals surface area contributed by atoms with E-state index in [1.54, 1.807) is 0 Å². The SMILES string of the molecule is CCOC1CC(=CCP(=O)(c2ccccc2)c2ccccc2)CC(OC)C12CC2. The molecule has 0 radical (unpaired) electrons. The molecule has 0 amide bonds. The predicted octanol–water partition coefficient (Wildman–Crippen LogP) is 4.92. The van der Waals surface area contributed by atoms with Crippen molar-refractivity contribution in [2.24, 2.45) is 5.41 Å². The van der Waals surface area contributed by atoms with Crippen LogP contribution in [0.15, 0.2) is 72.3 Å². The third-order valence-electron chi connectivity index (χ3n) is 6.64. The highest BCUT2D eigenvalue weighted by molar-refractivity contribution is 7.78. The van der Waals surface area contributed by atoms with Crippen molar-refractivity contribution in [3.8, 4) is 0 Å². The van der Waals surface area contributed by atoms with Gasteiger partial charge in [-0.3, -0.25) is 0 Å². The molecule has 154 valence electrons. The van der Waals surface area contributed by atoms with Crippen LogP contribution in [0, 0.1) is 5.41 Å². The standard InChI is InChI=1S/C25H31O3P/c1-3-28-24-19-20(18-23(27-2)25(24)15-16-25)14-17-29(26,21-10-6-4-7-11-21)22-12-8-5-9-13-22/h4-14,23-24H,3,15-19H2,1-2H3. The summed E-state index contributed by atoms with van der Waals surface area (Å²) in [5.41, 5.74) is 1.52. The highest BCUT2D eigenvalue weighted by Crippen LogP contribution is 2.59. The maximum Gasteiger partial charge on any atom is 0.146 e. The summed E-state index contributed by atoms with van der Waals surface area (Å²) in [6.07, 6.45) is 7.40. The van der Waals surface area contributed by atoms with Gasteiger partial charge in [-0.2, -0.15) is 0 Å². The third kappa shape index (κ3) is 4.01. The maximum absolute atomic E-state index is 14.3. The van der Waals surface area contributed by atoms with Crippen molar-refractivity contribution >= 4 is 17.8 Å². The van der Waals surface area contributed by atoms with E-state index in [1.165, 1.54) is 18.4 Å². The molecule has 0 saturated heterocycles. The van der Waals surface area contributed by atoms with Crippen molar-refractivity contribution in [3.63, 3.8) is 0 Å². The van der Waals surface area contributed by atoms with Gasteiger partial charge in [-0.25, -0.2) is 0 Å². The van der Waals surface area contributed by atoms with E-state index < -0.39 is 7.14 Å². The number of allylic oxidation sites excluding steroid dienone is 1. The van der Waals surface area contributed by atoms with Gasteiger partial charge in [-0.1, -0.05) is 72.3 Å². The van der Waals surface area contributed by atoms with E-state index in [1.807, 2.05) is 67.8 Å². The Morgan fingerprint density at radius 2 is 1.52 bits per heavy atom. The summed E-state index contributed by atoms with van der Waals surface area (Å²) in [4.78, 5) is 0. The van der Waals surface area contributed by atoms with Crippen molar-refractivity contribution < 1.29 is 14.0 Å². The second kappa shape index (κ2) is 8.60. The van der Waals surface area contributed by atoms with Gasteiger partial charge in [-0.05, 0) is 32.6 Å². The molecule has 0 bridgehead atoms. The monoisotopic (exact) mass is 410 g/mol. The molecule has 2 aliphatic carbocycles. The van der Waals surface area contributed by atoms with Gasteiger partial charge in [0.2, 0.25) is 0 Å². The fourth-order valence-corrected chi connectivity index (χ4v) is 7.37. The minimum Gasteiger partial charge on any atom is -0.380 e. The lowest BCUT2D eigenvalue weighted by Crippen LogP contribution is -2.41. The van der Waals surface area contributed by atoms with Crippen LogP contribution in [0.4, 0.5) is 0 Å². The molecule has 2 saturated carbocycles. The molecule has 4 rings (SSSR count). The molecule has 0 heterocycles. The highest BCUT2D eigenvalue weighted by Gasteiger charge is 2.58. The van der Waals surface area contributed by atoms with Crippen molar-refractivity contribution in [1.29, 1.82) is 0 Å². The van der Waals surface area contributed by atoms with E-state index in [9.17, 15) is 4.57 Å². The predicted molar refractivity (Wildman–Crippen MR) is 120 cm³/mol. The fourth-order valence-electron chi connectivity index (χ4n) is 4.83. The van der Waals surface area contributed by atoms with Gasteiger partial charge in [-0.15, -0.1) is 0 Å². The first-order valence-electron chi connectivity index (χ1n) is 10.6. The summed E-state index contributed by atoms with van der Waals surface area (Å²) in [5.74, 6) is 0. The Morgan fingerprint density at radius 1 is 0.966 bits per heavy atom. The van der Waals surface area contributed by atoms with E-state index in [-0.39, 0.29) is 17.6 Å².